The molecule has 0 bridgehead atoms. The first-order valence-electron chi connectivity index (χ1n) is 5.17. The van der Waals surface area contributed by atoms with Crippen molar-refractivity contribution in [2.45, 2.75) is 31.7 Å². The Labute approximate surface area is 92.1 Å². The van der Waals surface area contributed by atoms with Crippen LogP contribution in [0.25, 0.3) is 0 Å². The van der Waals surface area contributed by atoms with Crippen LogP contribution in [-0.4, -0.2) is 0 Å². The van der Waals surface area contributed by atoms with Gasteiger partial charge >= 0.3 is 0 Å². The average Bonchev–Trinajstić information content (AvgIpc) is 2.12. The Morgan fingerprint density at radius 1 is 1.21 bits per heavy atom. The smallest absolute Gasteiger partial charge is 0.0297 e. The Morgan fingerprint density at radius 3 is 2.36 bits per heavy atom. The maximum absolute atomic E-state index is 6.11. The zero-order valence-electron chi connectivity index (χ0n) is 8.36. The van der Waals surface area contributed by atoms with Crippen LogP contribution in [0.4, 0.5) is 0 Å². The van der Waals surface area contributed by atoms with Gasteiger partial charge in [0.2, 0.25) is 0 Å². The molecule has 1 aromatic rings. The Bertz CT molecular complexity index is 256. The Hall–Kier alpha value is -0.530. The summed E-state index contributed by atoms with van der Waals surface area (Å²) in [6.07, 6.45) is 5.36. The van der Waals surface area contributed by atoms with Crippen LogP contribution in [0.15, 0.2) is 30.3 Å². The molecule has 1 atom stereocenters. The summed E-state index contributed by atoms with van der Waals surface area (Å²) >= 11 is 0. The van der Waals surface area contributed by atoms with E-state index >= 15 is 0 Å². The van der Waals surface area contributed by atoms with Crippen molar-refractivity contribution < 1.29 is 0 Å². The molecule has 1 aliphatic rings. The fourth-order valence-electron chi connectivity index (χ4n) is 1.92. The Balaban J connectivity index is 0.000000980. The van der Waals surface area contributed by atoms with Gasteiger partial charge in [-0.1, -0.05) is 49.6 Å². The summed E-state index contributed by atoms with van der Waals surface area (Å²) in [5.41, 5.74) is 7.39. The van der Waals surface area contributed by atoms with Gasteiger partial charge in [-0.2, -0.15) is 0 Å². The van der Waals surface area contributed by atoms with Gasteiger partial charge in [0.25, 0.3) is 0 Å². The zero-order chi connectivity index (χ0) is 9.10. The maximum atomic E-state index is 6.11. The normalized spacial score (nSPS) is 18.1. The topological polar surface area (TPSA) is 26.0 Å². The van der Waals surface area contributed by atoms with Crippen molar-refractivity contribution in [2.75, 3.05) is 0 Å². The molecule has 2 heteroatoms. The second kappa shape index (κ2) is 5.38. The van der Waals surface area contributed by atoms with Gasteiger partial charge < -0.3 is 5.73 Å². The van der Waals surface area contributed by atoms with Gasteiger partial charge in [0.15, 0.2) is 0 Å². The number of rotatable bonds is 3. The summed E-state index contributed by atoms with van der Waals surface area (Å²) in [7, 11) is 0. The van der Waals surface area contributed by atoms with E-state index in [4.69, 9.17) is 5.73 Å². The van der Waals surface area contributed by atoms with E-state index in [0.29, 0.717) is 0 Å². The van der Waals surface area contributed by atoms with Crippen LogP contribution in [0.3, 0.4) is 0 Å². The van der Waals surface area contributed by atoms with Crippen LogP contribution >= 0.6 is 12.4 Å². The van der Waals surface area contributed by atoms with Crippen molar-refractivity contribution in [3.63, 3.8) is 0 Å². The molecule has 1 fully saturated rings. The van der Waals surface area contributed by atoms with Crippen molar-refractivity contribution in [2.24, 2.45) is 11.7 Å². The molecule has 0 aromatic heterocycles. The van der Waals surface area contributed by atoms with Gasteiger partial charge in [-0.15, -0.1) is 12.4 Å². The Kier molecular flexibility index (Phi) is 4.43. The van der Waals surface area contributed by atoms with Crippen LogP contribution < -0.4 is 5.73 Å². The summed E-state index contributed by atoms with van der Waals surface area (Å²) in [5.74, 6) is 0.898. The number of nitrogens with two attached hydrogens (primary N) is 1. The molecule has 0 heterocycles. The van der Waals surface area contributed by atoms with E-state index in [0.717, 1.165) is 5.92 Å². The van der Waals surface area contributed by atoms with Crippen LogP contribution in [0, 0.1) is 5.92 Å². The first-order valence-corrected chi connectivity index (χ1v) is 5.17. The minimum atomic E-state index is 0. The van der Waals surface area contributed by atoms with E-state index in [2.05, 4.69) is 24.3 Å². The minimum absolute atomic E-state index is 0. The van der Waals surface area contributed by atoms with Gasteiger partial charge in [0, 0.05) is 6.04 Å². The molecule has 0 radical (unpaired) electrons. The maximum Gasteiger partial charge on any atom is 0.0297 e. The number of hydrogen-bond donors (Lipinski definition) is 1. The minimum Gasteiger partial charge on any atom is -0.324 e. The lowest BCUT2D eigenvalue weighted by Gasteiger charge is -2.28. The quantitative estimate of drug-likeness (QED) is 0.816. The molecule has 0 amide bonds. The largest absolute Gasteiger partial charge is 0.324 e. The van der Waals surface area contributed by atoms with Gasteiger partial charge in [-0.3, -0.25) is 0 Å². The van der Waals surface area contributed by atoms with Gasteiger partial charge in [-0.25, -0.2) is 0 Å². The van der Waals surface area contributed by atoms with E-state index in [1.54, 1.807) is 0 Å². The highest BCUT2D eigenvalue weighted by atomic mass is 35.5. The second-order valence-corrected chi connectivity index (χ2v) is 4.05. The molecule has 1 saturated carbocycles. The Morgan fingerprint density at radius 2 is 1.86 bits per heavy atom. The lowest BCUT2D eigenvalue weighted by molar-refractivity contribution is 0.277. The molecule has 1 nitrogen and oxygen atoms in total. The predicted octanol–water partition coefficient (Wildman–Crippen LogP) is 3.30. The number of halogens is 1. The molecule has 78 valence electrons. The zero-order valence-corrected chi connectivity index (χ0v) is 9.17. The van der Waals surface area contributed by atoms with Crippen LogP contribution in [0.2, 0.25) is 0 Å². The van der Waals surface area contributed by atoms with Crippen molar-refractivity contribution in [3.05, 3.63) is 35.9 Å². The van der Waals surface area contributed by atoms with E-state index in [1.807, 2.05) is 6.07 Å². The third-order valence-electron chi connectivity index (χ3n) is 3.04. The van der Waals surface area contributed by atoms with Crippen molar-refractivity contribution in [1.82, 2.24) is 0 Å². The first kappa shape index (κ1) is 11.5. The third-order valence-corrected chi connectivity index (χ3v) is 3.04. The molecule has 1 unspecified atom stereocenters. The van der Waals surface area contributed by atoms with Crippen molar-refractivity contribution in [1.29, 1.82) is 0 Å². The average molecular weight is 212 g/mol. The molecule has 0 saturated heterocycles. The fraction of sp³-hybridized carbons (Fsp3) is 0.500. The molecule has 1 aromatic carbocycles. The number of benzene rings is 1. The second-order valence-electron chi connectivity index (χ2n) is 4.05. The summed E-state index contributed by atoms with van der Waals surface area (Å²) in [6.45, 7) is 0. The molecular weight excluding hydrogens is 194 g/mol. The lowest BCUT2D eigenvalue weighted by Crippen LogP contribution is -2.19. The van der Waals surface area contributed by atoms with Crippen LogP contribution in [-0.2, 0) is 0 Å². The highest BCUT2D eigenvalue weighted by Gasteiger charge is 2.20. The van der Waals surface area contributed by atoms with E-state index < -0.39 is 0 Å². The van der Waals surface area contributed by atoms with Crippen molar-refractivity contribution >= 4 is 12.4 Å². The van der Waals surface area contributed by atoms with Crippen LogP contribution in [0.1, 0.15) is 37.3 Å². The summed E-state index contributed by atoms with van der Waals surface area (Å²) in [6, 6.07) is 10.7. The first-order chi connectivity index (χ1) is 6.36. The van der Waals surface area contributed by atoms with E-state index in [1.165, 1.54) is 31.2 Å². The molecule has 0 spiro atoms. The molecule has 14 heavy (non-hydrogen) atoms. The highest BCUT2D eigenvalue weighted by molar-refractivity contribution is 5.85. The summed E-state index contributed by atoms with van der Waals surface area (Å²) in [5, 5.41) is 0. The van der Waals surface area contributed by atoms with Gasteiger partial charge in [0.1, 0.15) is 0 Å². The molecular formula is C12H18ClN. The fourth-order valence-corrected chi connectivity index (χ4v) is 1.92. The molecule has 2 rings (SSSR count). The van der Waals surface area contributed by atoms with Gasteiger partial charge in [0.05, 0.1) is 0 Å². The van der Waals surface area contributed by atoms with E-state index in [-0.39, 0.29) is 18.4 Å². The monoisotopic (exact) mass is 211 g/mol. The third kappa shape index (κ3) is 2.73. The number of hydrogen-bond acceptors (Lipinski definition) is 1. The highest BCUT2D eigenvalue weighted by Crippen LogP contribution is 2.33. The molecule has 2 N–H and O–H groups in total. The summed E-state index contributed by atoms with van der Waals surface area (Å²) in [4.78, 5) is 0. The van der Waals surface area contributed by atoms with Crippen molar-refractivity contribution in [3.8, 4) is 0 Å². The standard InChI is InChI=1S/C12H17N.ClH/c13-12(9-10-5-4-6-10)11-7-2-1-3-8-11;/h1-3,7-8,10,12H,4-6,9,13H2;1H. The lowest BCUT2D eigenvalue weighted by atomic mass is 9.80. The molecule has 0 aliphatic heterocycles. The van der Waals surface area contributed by atoms with E-state index in [9.17, 15) is 0 Å². The summed E-state index contributed by atoms with van der Waals surface area (Å²) < 4.78 is 0. The molecule has 1 aliphatic carbocycles. The van der Waals surface area contributed by atoms with Crippen LogP contribution in [0.5, 0.6) is 0 Å². The van der Waals surface area contributed by atoms with Gasteiger partial charge in [-0.05, 0) is 17.9 Å². The SMILES string of the molecule is Cl.NC(CC1CCC1)c1ccccc1. The predicted molar refractivity (Wildman–Crippen MR) is 62.6 cm³/mol.